The molecule has 0 aromatic carbocycles. The van der Waals surface area contributed by atoms with Crippen molar-refractivity contribution in [2.24, 2.45) is 0 Å². The van der Waals surface area contributed by atoms with Gasteiger partial charge in [0.05, 0.1) is 11.8 Å². The molecular weight excluding hydrogens is 218 g/mol. The summed E-state index contributed by atoms with van der Waals surface area (Å²) >= 11 is 1.21. The lowest BCUT2D eigenvalue weighted by Crippen LogP contribution is -2.12. The number of thiophene rings is 1. The number of anilines is 1. The average molecular weight is 225 g/mol. The second-order valence-electron chi connectivity index (χ2n) is 2.96. The van der Waals surface area contributed by atoms with Crippen molar-refractivity contribution in [1.82, 2.24) is 9.97 Å². The molecule has 6 nitrogen and oxygen atoms in total. The number of aliphatic carboxylic acids is 1. The van der Waals surface area contributed by atoms with Gasteiger partial charge in [0.25, 0.3) is 5.56 Å². The molecule has 0 aliphatic heterocycles. The molecule has 0 atom stereocenters. The van der Waals surface area contributed by atoms with Gasteiger partial charge in [-0.25, -0.2) is 4.98 Å². The van der Waals surface area contributed by atoms with E-state index < -0.39 is 11.5 Å². The Bertz CT molecular complexity index is 586. The van der Waals surface area contributed by atoms with Gasteiger partial charge in [-0.05, 0) is 10.9 Å². The number of aromatic amines is 1. The second-order valence-corrected chi connectivity index (χ2v) is 3.82. The molecule has 0 fully saturated rings. The van der Waals surface area contributed by atoms with Crippen LogP contribution in [0.5, 0.6) is 0 Å². The van der Waals surface area contributed by atoms with Crippen LogP contribution < -0.4 is 11.3 Å². The van der Waals surface area contributed by atoms with E-state index in [-0.39, 0.29) is 12.4 Å². The molecule has 0 saturated carbocycles. The SMILES string of the molecule is Nc1nc2scc(CC(=O)O)c2c(=O)[nH]1. The Hall–Kier alpha value is -1.89. The fourth-order valence-electron chi connectivity index (χ4n) is 1.32. The molecule has 0 spiro atoms. The molecule has 78 valence electrons. The van der Waals surface area contributed by atoms with E-state index in [2.05, 4.69) is 9.97 Å². The van der Waals surface area contributed by atoms with E-state index in [0.29, 0.717) is 15.8 Å². The summed E-state index contributed by atoms with van der Waals surface area (Å²) in [5.74, 6) is -0.942. The highest BCUT2D eigenvalue weighted by molar-refractivity contribution is 7.16. The first kappa shape index (κ1) is 9.66. The number of H-pyrrole nitrogens is 1. The van der Waals surface area contributed by atoms with Crippen LogP contribution in [0.3, 0.4) is 0 Å². The lowest BCUT2D eigenvalue weighted by molar-refractivity contribution is -0.136. The van der Waals surface area contributed by atoms with E-state index in [4.69, 9.17) is 10.8 Å². The number of nitrogens with zero attached hydrogens (tertiary/aromatic N) is 1. The third-order valence-electron chi connectivity index (χ3n) is 1.88. The smallest absolute Gasteiger partial charge is 0.307 e. The van der Waals surface area contributed by atoms with Gasteiger partial charge in [0.15, 0.2) is 0 Å². The van der Waals surface area contributed by atoms with Crippen LogP contribution in [0.2, 0.25) is 0 Å². The van der Waals surface area contributed by atoms with Crippen LogP contribution in [0.4, 0.5) is 5.95 Å². The minimum absolute atomic E-state index is 0.0382. The molecule has 15 heavy (non-hydrogen) atoms. The van der Waals surface area contributed by atoms with Gasteiger partial charge >= 0.3 is 5.97 Å². The molecule has 0 amide bonds. The van der Waals surface area contributed by atoms with Crippen LogP contribution in [-0.4, -0.2) is 21.0 Å². The Balaban J connectivity index is 2.69. The quantitative estimate of drug-likeness (QED) is 0.676. The van der Waals surface area contributed by atoms with E-state index in [0.717, 1.165) is 0 Å². The lowest BCUT2D eigenvalue weighted by Gasteiger charge is -1.94. The number of fused-ring (bicyclic) bond motifs is 1. The molecule has 4 N–H and O–H groups in total. The van der Waals surface area contributed by atoms with Gasteiger partial charge < -0.3 is 10.8 Å². The predicted octanol–water partition coefficient (Wildman–Crippen LogP) is 0.194. The van der Waals surface area contributed by atoms with E-state index in [1.165, 1.54) is 11.3 Å². The van der Waals surface area contributed by atoms with E-state index in [9.17, 15) is 9.59 Å². The van der Waals surface area contributed by atoms with Crippen LogP contribution in [0.1, 0.15) is 5.56 Å². The number of carbonyl (C=O) groups is 1. The maximum Gasteiger partial charge on any atom is 0.307 e. The maximum absolute atomic E-state index is 11.5. The van der Waals surface area contributed by atoms with Crippen molar-refractivity contribution in [3.63, 3.8) is 0 Å². The first-order chi connectivity index (χ1) is 7.08. The summed E-state index contributed by atoms with van der Waals surface area (Å²) < 4.78 is 0. The Morgan fingerprint density at radius 2 is 2.40 bits per heavy atom. The monoisotopic (exact) mass is 225 g/mol. The van der Waals surface area contributed by atoms with Crippen LogP contribution in [0.15, 0.2) is 10.2 Å². The van der Waals surface area contributed by atoms with Crippen molar-refractivity contribution >= 4 is 33.5 Å². The molecular formula is C8H7N3O3S. The number of hydrogen-bond acceptors (Lipinski definition) is 5. The van der Waals surface area contributed by atoms with Crippen LogP contribution in [0, 0.1) is 0 Å². The van der Waals surface area contributed by atoms with Crippen molar-refractivity contribution in [1.29, 1.82) is 0 Å². The van der Waals surface area contributed by atoms with Gasteiger partial charge in [0.2, 0.25) is 5.95 Å². The van der Waals surface area contributed by atoms with Crippen LogP contribution in [0.25, 0.3) is 10.2 Å². The molecule has 0 radical (unpaired) electrons. The van der Waals surface area contributed by atoms with Crippen molar-refractivity contribution in [2.75, 3.05) is 5.73 Å². The fraction of sp³-hybridized carbons (Fsp3) is 0.125. The minimum atomic E-state index is -0.981. The summed E-state index contributed by atoms with van der Waals surface area (Å²) in [6.07, 6.45) is -0.186. The zero-order valence-electron chi connectivity index (χ0n) is 7.48. The fourth-order valence-corrected chi connectivity index (χ4v) is 2.26. The summed E-state index contributed by atoms with van der Waals surface area (Å²) in [6.45, 7) is 0. The van der Waals surface area contributed by atoms with Gasteiger partial charge in [-0.2, -0.15) is 0 Å². The first-order valence-electron chi connectivity index (χ1n) is 4.05. The average Bonchev–Trinajstić information content (AvgIpc) is 2.46. The standard InChI is InChI=1S/C8H7N3O3S/c9-8-10-6(14)5-3(1-4(12)13)2-15-7(5)11-8/h2H,1H2,(H,12,13)(H3,9,10,11,14). The highest BCUT2D eigenvalue weighted by Crippen LogP contribution is 2.21. The second kappa shape index (κ2) is 3.35. The van der Waals surface area contributed by atoms with Crippen LogP contribution >= 0.6 is 11.3 Å². The molecule has 2 rings (SSSR count). The number of nitrogens with two attached hydrogens (primary N) is 1. The first-order valence-corrected chi connectivity index (χ1v) is 4.93. The van der Waals surface area contributed by atoms with Gasteiger partial charge in [0.1, 0.15) is 4.83 Å². The number of hydrogen-bond donors (Lipinski definition) is 3. The molecule has 0 aliphatic rings. The zero-order chi connectivity index (χ0) is 11.0. The Morgan fingerprint density at radius 1 is 1.67 bits per heavy atom. The molecule has 0 unspecified atom stereocenters. The Kier molecular flexibility index (Phi) is 2.16. The van der Waals surface area contributed by atoms with E-state index >= 15 is 0 Å². The summed E-state index contributed by atoms with van der Waals surface area (Å²) in [7, 11) is 0. The number of rotatable bonds is 2. The molecule has 2 heterocycles. The Labute approximate surface area is 87.4 Å². The van der Waals surface area contributed by atoms with Crippen LogP contribution in [-0.2, 0) is 11.2 Å². The topological polar surface area (TPSA) is 109 Å². The van der Waals surface area contributed by atoms with Crippen molar-refractivity contribution in [3.8, 4) is 0 Å². The number of aromatic nitrogens is 2. The number of carboxylic acid groups (broad SMARTS) is 1. The minimum Gasteiger partial charge on any atom is -0.481 e. The van der Waals surface area contributed by atoms with Crippen molar-refractivity contribution in [3.05, 3.63) is 21.3 Å². The summed E-state index contributed by atoms with van der Waals surface area (Å²) in [4.78, 5) is 28.8. The number of carboxylic acids is 1. The molecule has 2 aromatic heterocycles. The van der Waals surface area contributed by atoms with Gasteiger partial charge in [-0.3, -0.25) is 14.6 Å². The third kappa shape index (κ3) is 1.68. The van der Waals surface area contributed by atoms with E-state index in [1.807, 2.05) is 0 Å². The summed E-state index contributed by atoms with van der Waals surface area (Å²) in [5, 5.41) is 10.6. The molecule has 7 heteroatoms. The third-order valence-corrected chi connectivity index (χ3v) is 2.80. The molecule has 0 bridgehead atoms. The van der Waals surface area contributed by atoms with Gasteiger partial charge in [0, 0.05) is 0 Å². The highest BCUT2D eigenvalue weighted by atomic mass is 32.1. The highest BCUT2D eigenvalue weighted by Gasteiger charge is 2.12. The zero-order valence-corrected chi connectivity index (χ0v) is 8.30. The molecule has 0 aliphatic carbocycles. The Morgan fingerprint density at radius 3 is 3.07 bits per heavy atom. The molecule has 2 aromatic rings. The number of nitrogen functional groups attached to an aromatic ring is 1. The van der Waals surface area contributed by atoms with E-state index in [1.54, 1.807) is 5.38 Å². The van der Waals surface area contributed by atoms with Gasteiger partial charge in [-0.1, -0.05) is 0 Å². The largest absolute Gasteiger partial charge is 0.481 e. The normalized spacial score (nSPS) is 10.7. The summed E-state index contributed by atoms with van der Waals surface area (Å²) in [5.41, 5.74) is 5.43. The van der Waals surface area contributed by atoms with Crippen molar-refractivity contribution < 1.29 is 9.90 Å². The predicted molar refractivity (Wildman–Crippen MR) is 56.0 cm³/mol. The van der Waals surface area contributed by atoms with Crippen molar-refractivity contribution in [2.45, 2.75) is 6.42 Å². The maximum atomic E-state index is 11.5. The molecule has 0 saturated heterocycles. The lowest BCUT2D eigenvalue weighted by atomic mass is 10.2. The summed E-state index contributed by atoms with van der Waals surface area (Å²) in [6, 6.07) is 0. The van der Waals surface area contributed by atoms with Gasteiger partial charge in [-0.15, -0.1) is 11.3 Å². The number of nitrogens with one attached hydrogen (secondary N) is 1.